The van der Waals surface area contributed by atoms with Crippen molar-refractivity contribution in [3.63, 3.8) is 0 Å². The molecule has 0 unspecified atom stereocenters. The van der Waals surface area contributed by atoms with Crippen LogP contribution in [0.15, 0.2) is 30.6 Å². The molecule has 1 aliphatic heterocycles. The van der Waals surface area contributed by atoms with Crippen LogP contribution in [0.4, 0.5) is 0 Å². The first-order valence-electron chi connectivity index (χ1n) is 4.49. The van der Waals surface area contributed by atoms with Gasteiger partial charge in [-0.1, -0.05) is 12.2 Å². The van der Waals surface area contributed by atoms with Gasteiger partial charge in [-0.25, -0.2) is 9.97 Å². The lowest BCUT2D eigenvalue weighted by molar-refractivity contribution is 0.328. The molecule has 2 heterocycles. The van der Waals surface area contributed by atoms with Crippen LogP contribution in [0, 0.1) is 0 Å². The summed E-state index contributed by atoms with van der Waals surface area (Å²) in [6.45, 7) is 6.90. The van der Waals surface area contributed by atoms with Crippen LogP contribution in [0.3, 0.4) is 0 Å². The van der Waals surface area contributed by atoms with Gasteiger partial charge in [-0.15, -0.1) is 0 Å². The van der Waals surface area contributed by atoms with Crippen molar-refractivity contribution in [2.75, 3.05) is 13.1 Å². The number of hydrogen-bond donors (Lipinski definition) is 0. The van der Waals surface area contributed by atoms with E-state index in [0.29, 0.717) is 0 Å². The first kappa shape index (κ1) is 8.38. The Bertz CT molecular complexity index is 294. The maximum absolute atomic E-state index is 4.18. The van der Waals surface area contributed by atoms with E-state index in [1.807, 2.05) is 6.07 Å². The van der Waals surface area contributed by atoms with Crippen molar-refractivity contribution in [2.45, 2.75) is 13.0 Å². The summed E-state index contributed by atoms with van der Waals surface area (Å²) >= 11 is 0. The maximum atomic E-state index is 4.18. The van der Waals surface area contributed by atoms with Crippen molar-refractivity contribution in [2.24, 2.45) is 0 Å². The largest absolute Gasteiger partial charge is 0.292 e. The van der Waals surface area contributed by atoms with E-state index in [9.17, 15) is 0 Å². The Morgan fingerprint density at radius 3 is 2.77 bits per heavy atom. The van der Waals surface area contributed by atoms with E-state index in [0.717, 1.165) is 31.9 Å². The molecule has 0 aromatic carbocycles. The van der Waals surface area contributed by atoms with Gasteiger partial charge in [-0.3, -0.25) is 4.90 Å². The van der Waals surface area contributed by atoms with Gasteiger partial charge in [0.15, 0.2) is 0 Å². The molecule has 0 N–H and O–H groups in total. The summed E-state index contributed by atoms with van der Waals surface area (Å²) in [5.41, 5.74) is 1.32. The smallest absolute Gasteiger partial charge is 0.142 e. The van der Waals surface area contributed by atoms with Crippen molar-refractivity contribution in [1.29, 1.82) is 0 Å². The minimum absolute atomic E-state index is 0.847. The zero-order valence-electron chi connectivity index (χ0n) is 7.61. The molecule has 68 valence electrons. The van der Waals surface area contributed by atoms with E-state index >= 15 is 0 Å². The van der Waals surface area contributed by atoms with Gasteiger partial charge in [-0.2, -0.15) is 0 Å². The highest BCUT2D eigenvalue weighted by atomic mass is 15.2. The van der Waals surface area contributed by atoms with Gasteiger partial charge in [0.05, 0.1) is 6.54 Å². The fourth-order valence-corrected chi connectivity index (χ4v) is 1.54. The highest BCUT2D eigenvalue weighted by Crippen LogP contribution is 2.13. The molecule has 3 heteroatoms. The second-order valence-corrected chi connectivity index (χ2v) is 3.38. The molecule has 0 radical (unpaired) electrons. The monoisotopic (exact) mass is 175 g/mol. The van der Waals surface area contributed by atoms with Gasteiger partial charge in [-0.05, 0) is 12.5 Å². The zero-order valence-corrected chi connectivity index (χ0v) is 7.61. The lowest BCUT2D eigenvalue weighted by Crippen LogP contribution is -2.20. The number of nitrogens with zero attached hydrogens (tertiary/aromatic N) is 3. The summed E-state index contributed by atoms with van der Waals surface area (Å²) in [6.07, 6.45) is 4.69. The van der Waals surface area contributed by atoms with Crippen LogP contribution in [0.1, 0.15) is 12.2 Å². The zero-order chi connectivity index (χ0) is 9.10. The average molecular weight is 175 g/mol. The van der Waals surface area contributed by atoms with Crippen molar-refractivity contribution in [3.05, 3.63) is 36.4 Å². The fraction of sp³-hybridized carbons (Fsp3) is 0.400. The molecule has 0 bridgehead atoms. The highest BCUT2D eigenvalue weighted by Gasteiger charge is 2.15. The van der Waals surface area contributed by atoms with Crippen molar-refractivity contribution in [1.82, 2.24) is 14.9 Å². The third-order valence-electron chi connectivity index (χ3n) is 2.21. The third kappa shape index (κ3) is 2.12. The summed E-state index contributed by atoms with van der Waals surface area (Å²) in [5, 5.41) is 0. The van der Waals surface area contributed by atoms with Gasteiger partial charge in [0.1, 0.15) is 5.82 Å². The summed E-state index contributed by atoms with van der Waals surface area (Å²) < 4.78 is 0. The summed E-state index contributed by atoms with van der Waals surface area (Å²) in [5.74, 6) is 0.900. The molecule has 1 saturated heterocycles. The number of rotatable bonds is 2. The Hall–Kier alpha value is -1.22. The van der Waals surface area contributed by atoms with Crippen LogP contribution in [-0.4, -0.2) is 28.0 Å². The van der Waals surface area contributed by atoms with Crippen LogP contribution < -0.4 is 0 Å². The van der Waals surface area contributed by atoms with Crippen LogP contribution >= 0.6 is 0 Å². The fourth-order valence-electron chi connectivity index (χ4n) is 1.54. The first-order chi connectivity index (χ1) is 6.34. The lowest BCUT2D eigenvalue weighted by atomic mass is 10.3. The lowest BCUT2D eigenvalue weighted by Gasteiger charge is -2.11. The van der Waals surface area contributed by atoms with Crippen LogP contribution in [-0.2, 0) is 6.54 Å². The molecular weight excluding hydrogens is 162 g/mol. The minimum atomic E-state index is 0.847. The van der Waals surface area contributed by atoms with E-state index in [1.165, 1.54) is 5.57 Å². The molecule has 0 spiro atoms. The molecule has 0 saturated carbocycles. The van der Waals surface area contributed by atoms with E-state index < -0.39 is 0 Å². The van der Waals surface area contributed by atoms with Gasteiger partial charge in [0.2, 0.25) is 0 Å². The molecule has 1 aromatic rings. The second-order valence-electron chi connectivity index (χ2n) is 3.38. The Morgan fingerprint density at radius 1 is 1.38 bits per heavy atom. The van der Waals surface area contributed by atoms with Gasteiger partial charge >= 0.3 is 0 Å². The quantitative estimate of drug-likeness (QED) is 0.633. The van der Waals surface area contributed by atoms with Crippen molar-refractivity contribution in [3.8, 4) is 0 Å². The summed E-state index contributed by atoms with van der Waals surface area (Å²) in [4.78, 5) is 10.7. The topological polar surface area (TPSA) is 29.0 Å². The minimum Gasteiger partial charge on any atom is -0.292 e. The number of aromatic nitrogens is 2. The SMILES string of the molecule is C=C1CCN(Cc2ncccn2)C1. The number of hydrogen-bond acceptors (Lipinski definition) is 3. The predicted octanol–water partition coefficient (Wildman–Crippen LogP) is 1.24. The average Bonchev–Trinajstić information content (AvgIpc) is 2.53. The molecule has 3 nitrogen and oxygen atoms in total. The first-order valence-corrected chi connectivity index (χ1v) is 4.49. The standard InChI is InChI=1S/C10H13N3/c1-9-3-6-13(7-9)8-10-11-4-2-5-12-10/h2,4-5H,1,3,6-8H2. The molecule has 1 aromatic heterocycles. The molecule has 1 aliphatic rings. The Labute approximate surface area is 78.1 Å². The molecule has 0 atom stereocenters. The third-order valence-corrected chi connectivity index (χ3v) is 2.21. The van der Waals surface area contributed by atoms with E-state index in [2.05, 4.69) is 21.4 Å². The highest BCUT2D eigenvalue weighted by molar-refractivity contribution is 5.04. The summed E-state index contributed by atoms with van der Waals surface area (Å²) in [6, 6.07) is 1.84. The van der Waals surface area contributed by atoms with Gasteiger partial charge < -0.3 is 0 Å². The molecular formula is C10H13N3. The number of likely N-dealkylation sites (tertiary alicyclic amines) is 1. The van der Waals surface area contributed by atoms with E-state index in [-0.39, 0.29) is 0 Å². The van der Waals surface area contributed by atoms with Crippen LogP contribution in [0.5, 0.6) is 0 Å². The molecule has 0 amide bonds. The molecule has 0 aliphatic carbocycles. The van der Waals surface area contributed by atoms with Gasteiger partial charge in [0.25, 0.3) is 0 Å². The second kappa shape index (κ2) is 3.66. The predicted molar refractivity (Wildman–Crippen MR) is 51.1 cm³/mol. The van der Waals surface area contributed by atoms with Gasteiger partial charge in [0, 0.05) is 25.5 Å². The van der Waals surface area contributed by atoms with Crippen molar-refractivity contribution < 1.29 is 0 Å². The maximum Gasteiger partial charge on any atom is 0.142 e. The Balaban J connectivity index is 1.96. The molecule has 1 fully saturated rings. The van der Waals surface area contributed by atoms with E-state index in [4.69, 9.17) is 0 Å². The van der Waals surface area contributed by atoms with Crippen molar-refractivity contribution >= 4 is 0 Å². The Kier molecular flexibility index (Phi) is 2.36. The molecule has 2 rings (SSSR count). The molecule has 13 heavy (non-hydrogen) atoms. The van der Waals surface area contributed by atoms with Crippen LogP contribution in [0.25, 0.3) is 0 Å². The normalized spacial score (nSPS) is 18.0. The van der Waals surface area contributed by atoms with Crippen LogP contribution in [0.2, 0.25) is 0 Å². The van der Waals surface area contributed by atoms with E-state index in [1.54, 1.807) is 12.4 Å². The Morgan fingerprint density at radius 2 is 2.15 bits per heavy atom. The summed E-state index contributed by atoms with van der Waals surface area (Å²) in [7, 11) is 0.